The van der Waals surface area contributed by atoms with Crippen LogP contribution in [-0.4, -0.2) is 35.8 Å². The van der Waals surface area contributed by atoms with Gasteiger partial charge >= 0.3 is 5.69 Å². The highest BCUT2D eigenvalue weighted by atomic mass is 35.5. The average Bonchev–Trinajstić information content (AvgIpc) is 3.42. The number of fused-ring (bicyclic) bond motifs is 2. The van der Waals surface area contributed by atoms with Crippen LogP contribution in [0.4, 0.5) is 0 Å². The van der Waals surface area contributed by atoms with Gasteiger partial charge < -0.3 is 5.32 Å². The molecular weight excluding hydrogens is 500 g/mol. The number of halogens is 1. The second-order valence-corrected chi connectivity index (χ2v) is 10.6. The molecule has 8 nitrogen and oxygen atoms in total. The molecule has 1 amide bonds. The number of carbonyl (C=O) groups is 1. The summed E-state index contributed by atoms with van der Waals surface area (Å²) in [5.41, 5.74) is 4.84. The first-order valence-corrected chi connectivity index (χ1v) is 13.3. The molecule has 3 aromatic heterocycles. The molecule has 0 saturated heterocycles. The predicted octanol–water partition coefficient (Wildman–Crippen LogP) is 5.02. The minimum absolute atomic E-state index is 0.0335. The van der Waals surface area contributed by atoms with E-state index in [1.54, 1.807) is 16.8 Å². The highest BCUT2D eigenvalue weighted by Crippen LogP contribution is 2.28. The summed E-state index contributed by atoms with van der Waals surface area (Å²) < 4.78 is 5.54. The van der Waals surface area contributed by atoms with Gasteiger partial charge in [-0.25, -0.2) is 4.79 Å². The van der Waals surface area contributed by atoms with E-state index >= 15 is 0 Å². The van der Waals surface area contributed by atoms with Gasteiger partial charge in [0.05, 0.1) is 44.7 Å². The van der Waals surface area contributed by atoms with Gasteiger partial charge in [0.1, 0.15) is 0 Å². The van der Waals surface area contributed by atoms with Gasteiger partial charge in [-0.15, -0.1) is 0 Å². The number of imidazole rings is 1. The van der Waals surface area contributed by atoms with Crippen molar-refractivity contribution >= 4 is 39.4 Å². The van der Waals surface area contributed by atoms with Gasteiger partial charge in [-0.05, 0) is 74.9 Å². The molecule has 0 radical (unpaired) electrons. The molecule has 0 spiro atoms. The normalized spacial score (nSPS) is 17.8. The number of amides is 1. The number of hydrogen-bond donors (Lipinski definition) is 1. The predicted molar refractivity (Wildman–Crippen MR) is 149 cm³/mol. The molecule has 5 aromatic rings. The summed E-state index contributed by atoms with van der Waals surface area (Å²) in [5.74, 6) is 0.223. The maximum Gasteiger partial charge on any atom is 0.333 e. The zero-order valence-corrected chi connectivity index (χ0v) is 22.2. The second kappa shape index (κ2) is 9.76. The molecule has 3 heterocycles. The van der Waals surface area contributed by atoms with Gasteiger partial charge in [-0.3, -0.25) is 23.6 Å². The van der Waals surface area contributed by atoms with Gasteiger partial charge in [0, 0.05) is 31.2 Å². The van der Waals surface area contributed by atoms with Gasteiger partial charge in [-0.1, -0.05) is 23.7 Å². The SMILES string of the molecule is Cc1ncc(Cl)cc1C(=O)NC1CCC(Cn2c(=O)n(-c3ccc4c(cnn4C)c3)c3ccccc32)CC1. The number of aryl methyl sites for hydroxylation is 2. The van der Waals surface area contributed by atoms with E-state index in [4.69, 9.17) is 11.6 Å². The van der Waals surface area contributed by atoms with Crippen LogP contribution in [-0.2, 0) is 13.6 Å². The van der Waals surface area contributed by atoms with E-state index in [-0.39, 0.29) is 17.6 Å². The molecule has 1 fully saturated rings. The first kappa shape index (κ1) is 24.4. The quantitative estimate of drug-likeness (QED) is 0.347. The van der Waals surface area contributed by atoms with Crippen molar-refractivity contribution in [3.05, 3.63) is 87.7 Å². The summed E-state index contributed by atoms with van der Waals surface area (Å²) in [6, 6.07) is 15.7. The van der Waals surface area contributed by atoms with Crippen LogP contribution in [0.1, 0.15) is 41.7 Å². The van der Waals surface area contributed by atoms with Crippen LogP contribution in [0.25, 0.3) is 27.6 Å². The van der Waals surface area contributed by atoms with Gasteiger partial charge in [0.2, 0.25) is 0 Å². The maximum atomic E-state index is 13.8. The lowest BCUT2D eigenvalue weighted by molar-refractivity contribution is 0.0919. The first-order chi connectivity index (χ1) is 18.4. The summed E-state index contributed by atoms with van der Waals surface area (Å²) in [5, 5.41) is 8.94. The van der Waals surface area contributed by atoms with Crippen molar-refractivity contribution in [3.8, 4) is 5.69 Å². The third-order valence-corrected chi connectivity index (χ3v) is 7.95. The van der Waals surface area contributed by atoms with Crippen molar-refractivity contribution in [1.29, 1.82) is 0 Å². The first-order valence-electron chi connectivity index (χ1n) is 12.9. The molecule has 1 aliphatic carbocycles. The lowest BCUT2D eigenvalue weighted by Gasteiger charge is -2.29. The van der Waals surface area contributed by atoms with E-state index in [2.05, 4.69) is 15.4 Å². The molecule has 0 atom stereocenters. The number of rotatable bonds is 5. The zero-order chi connectivity index (χ0) is 26.4. The molecule has 2 aromatic carbocycles. The summed E-state index contributed by atoms with van der Waals surface area (Å²) in [6.07, 6.45) is 6.99. The smallest absolute Gasteiger partial charge is 0.333 e. The Hall–Kier alpha value is -3.91. The summed E-state index contributed by atoms with van der Waals surface area (Å²) in [6.45, 7) is 2.46. The Kier molecular flexibility index (Phi) is 6.27. The number of hydrogen-bond acceptors (Lipinski definition) is 4. The van der Waals surface area contributed by atoms with E-state index in [0.717, 1.165) is 53.3 Å². The molecule has 38 heavy (non-hydrogen) atoms. The maximum absolute atomic E-state index is 13.8. The van der Waals surface area contributed by atoms with Crippen molar-refractivity contribution in [2.75, 3.05) is 0 Å². The Morgan fingerprint density at radius 1 is 1.03 bits per heavy atom. The van der Waals surface area contributed by atoms with Gasteiger partial charge in [-0.2, -0.15) is 5.10 Å². The molecule has 0 aliphatic heterocycles. The molecule has 1 N–H and O–H groups in total. The number of benzene rings is 2. The van der Waals surface area contributed by atoms with E-state index < -0.39 is 0 Å². The molecule has 6 rings (SSSR count). The van der Waals surface area contributed by atoms with Crippen LogP contribution in [0.15, 0.2) is 65.7 Å². The minimum Gasteiger partial charge on any atom is -0.349 e. The fourth-order valence-electron chi connectivity index (χ4n) is 5.67. The summed E-state index contributed by atoms with van der Waals surface area (Å²) >= 11 is 6.05. The van der Waals surface area contributed by atoms with Crippen LogP contribution in [0, 0.1) is 12.8 Å². The summed E-state index contributed by atoms with van der Waals surface area (Å²) in [4.78, 5) is 30.8. The Morgan fingerprint density at radius 2 is 1.79 bits per heavy atom. The molecule has 1 saturated carbocycles. The summed E-state index contributed by atoms with van der Waals surface area (Å²) in [7, 11) is 1.91. The monoisotopic (exact) mass is 528 g/mol. The standard InChI is InChI=1S/C29H29ClN6O2/c1-18-24(14-21(30)16-31-18)28(37)33-22-9-7-19(8-10-22)17-35-26-5-3-4-6-27(26)36(29(35)38)23-11-12-25-20(13-23)15-32-34(25)2/h3-6,11-16,19,22H,7-10,17H2,1-2H3,(H,33,37). The number of carbonyl (C=O) groups excluding carboxylic acids is 1. The Bertz CT molecular complexity index is 1720. The van der Waals surface area contributed by atoms with E-state index in [9.17, 15) is 9.59 Å². The third-order valence-electron chi connectivity index (χ3n) is 7.74. The van der Waals surface area contributed by atoms with Crippen LogP contribution >= 0.6 is 11.6 Å². The Balaban J connectivity index is 1.20. The number of para-hydroxylation sites is 2. The van der Waals surface area contributed by atoms with Crippen LogP contribution in [0.2, 0.25) is 5.02 Å². The lowest BCUT2D eigenvalue weighted by atomic mass is 9.85. The molecule has 0 bridgehead atoms. The molecular formula is C29H29ClN6O2. The molecule has 0 unspecified atom stereocenters. The van der Waals surface area contributed by atoms with Crippen molar-refractivity contribution in [2.45, 2.75) is 45.2 Å². The number of nitrogens with one attached hydrogen (secondary N) is 1. The molecule has 1 aliphatic rings. The average molecular weight is 529 g/mol. The molecule has 9 heteroatoms. The fourth-order valence-corrected chi connectivity index (χ4v) is 5.83. The second-order valence-electron chi connectivity index (χ2n) is 10.2. The van der Waals surface area contributed by atoms with Crippen molar-refractivity contribution in [2.24, 2.45) is 13.0 Å². The topological polar surface area (TPSA) is 86.7 Å². The van der Waals surface area contributed by atoms with E-state index in [0.29, 0.717) is 28.7 Å². The highest BCUT2D eigenvalue weighted by molar-refractivity contribution is 6.30. The largest absolute Gasteiger partial charge is 0.349 e. The third kappa shape index (κ3) is 4.39. The number of pyridine rings is 1. The van der Waals surface area contributed by atoms with Crippen molar-refractivity contribution in [1.82, 2.24) is 29.2 Å². The van der Waals surface area contributed by atoms with Crippen molar-refractivity contribution in [3.63, 3.8) is 0 Å². The van der Waals surface area contributed by atoms with Crippen LogP contribution < -0.4 is 11.0 Å². The zero-order valence-electron chi connectivity index (χ0n) is 21.4. The highest BCUT2D eigenvalue weighted by Gasteiger charge is 2.25. The van der Waals surface area contributed by atoms with Gasteiger partial charge in [0.15, 0.2) is 0 Å². The lowest BCUT2D eigenvalue weighted by Crippen LogP contribution is -2.39. The van der Waals surface area contributed by atoms with Crippen LogP contribution in [0.5, 0.6) is 0 Å². The van der Waals surface area contributed by atoms with Gasteiger partial charge in [0.25, 0.3) is 5.91 Å². The fraction of sp³-hybridized carbons (Fsp3) is 0.310. The van der Waals surface area contributed by atoms with E-state index in [1.165, 1.54) is 0 Å². The Labute approximate surface area is 224 Å². The van der Waals surface area contributed by atoms with Crippen LogP contribution in [0.3, 0.4) is 0 Å². The Morgan fingerprint density at radius 3 is 2.58 bits per heavy atom. The number of aromatic nitrogens is 5. The van der Waals surface area contributed by atoms with E-state index in [1.807, 2.05) is 71.9 Å². The minimum atomic E-state index is -0.133. The molecule has 194 valence electrons. The van der Waals surface area contributed by atoms with Crippen molar-refractivity contribution < 1.29 is 4.79 Å². The number of nitrogens with zero attached hydrogens (tertiary/aromatic N) is 5.